The van der Waals surface area contributed by atoms with Crippen LogP contribution < -0.4 is 30.9 Å². The van der Waals surface area contributed by atoms with Gasteiger partial charge in [0.25, 0.3) is 17.4 Å². The molecule has 0 spiro atoms. The number of fused-ring (bicyclic) bond motifs is 4. The molecule has 4 aromatic heterocycles. The molecular formula is C53H61N11O6. The van der Waals surface area contributed by atoms with Crippen LogP contribution in [0.2, 0.25) is 0 Å². The minimum Gasteiger partial charge on any atom is -0.392 e. The van der Waals surface area contributed by atoms with Gasteiger partial charge >= 0.3 is 0 Å². The summed E-state index contributed by atoms with van der Waals surface area (Å²) in [5.41, 5.74) is 6.91. The van der Waals surface area contributed by atoms with E-state index in [0.717, 1.165) is 68.8 Å². The molecule has 5 aromatic rings. The molecule has 4 atom stereocenters. The fourth-order valence-electron chi connectivity index (χ4n) is 12.1. The van der Waals surface area contributed by atoms with Crippen LogP contribution in [0.3, 0.4) is 0 Å². The van der Waals surface area contributed by atoms with Crippen molar-refractivity contribution in [3.8, 4) is 11.1 Å². The minimum atomic E-state index is -2.83. The number of aromatic nitrogens is 4. The van der Waals surface area contributed by atoms with Crippen molar-refractivity contribution < 1.29 is 28.4 Å². The Balaban J connectivity index is 0.748. The van der Waals surface area contributed by atoms with E-state index in [0.29, 0.717) is 70.4 Å². The Kier molecular flexibility index (Phi) is 10.5. The number of rotatable bonds is 9. The summed E-state index contributed by atoms with van der Waals surface area (Å²) >= 11 is 0. The van der Waals surface area contributed by atoms with Crippen molar-refractivity contribution in [2.45, 2.75) is 110 Å². The number of carbonyl (C=O) groups is 4. The molecule has 6 aliphatic rings. The van der Waals surface area contributed by atoms with Crippen LogP contribution in [0.4, 0.5) is 28.7 Å². The summed E-state index contributed by atoms with van der Waals surface area (Å²) in [5.74, 6) is -0.477. The number of nitrogens with one attached hydrogen (secondary N) is 2. The number of benzene rings is 1. The van der Waals surface area contributed by atoms with Crippen molar-refractivity contribution in [1.29, 1.82) is 0 Å². The van der Waals surface area contributed by atoms with Gasteiger partial charge in [0.05, 0.1) is 18.5 Å². The van der Waals surface area contributed by atoms with Crippen molar-refractivity contribution in [3.05, 3.63) is 111 Å². The smallest absolute Gasteiger partial charge is 0.276 e. The maximum Gasteiger partial charge on any atom is 0.276 e. The summed E-state index contributed by atoms with van der Waals surface area (Å²) < 4.78 is 27.6. The van der Waals surface area contributed by atoms with Gasteiger partial charge in [0, 0.05) is 122 Å². The molecule has 1 aliphatic carbocycles. The van der Waals surface area contributed by atoms with Gasteiger partial charge in [0.15, 0.2) is 0 Å². The zero-order valence-electron chi connectivity index (χ0n) is 43.1. The summed E-state index contributed by atoms with van der Waals surface area (Å²) in [4.78, 5) is 85.3. The van der Waals surface area contributed by atoms with E-state index in [1.54, 1.807) is 34.2 Å². The maximum absolute atomic E-state index is 14.1. The number of anilines is 5. The highest BCUT2D eigenvalue weighted by molar-refractivity contribution is 6.07. The molecule has 3 fully saturated rings. The average molecular weight is 951 g/mol. The highest BCUT2D eigenvalue weighted by atomic mass is 16.3. The van der Waals surface area contributed by atoms with Crippen molar-refractivity contribution >= 4 is 52.3 Å². The predicted molar refractivity (Wildman–Crippen MR) is 266 cm³/mol. The number of carbonyl (C=O) groups excluding carboxylic acids is 4. The van der Waals surface area contributed by atoms with E-state index < -0.39 is 31.1 Å². The molecule has 17 heteroatoms. The van der Waals surface area contributed by atoms with Gasteiger partial charge in [-0.1, -0.05) is 13.8 Å². The molecule has 3 N–H and O–H groups in total. The third-order valence-corrected chi connectivity index (χ3v) is 15.6. The lowest BCUT2D eigenvalue weighted by Crippen LogP contribution is -2.58. The molecule has 3 saturated heterocycles. The minimum absolute atomic E-state index is 0.0228. The second-order valence-corrected chi connectivity index (χ2v) is 20.8. The Hall–Kier alpha value is -6.85. The molecular weight excluding hydrogens is 887 g/mol. The summed E-state index contributed by atoms with van der Waals surface area (Å²) in [5, 5.41) is 16.3. The monoisotopic (exact) mass is 950 g/mol. The fourth-order valence-corrected chi connectivity index (χ4v) is 12.1. The van der Waals surface area contributed by atoms with Crippen molar-refractivity contribution in [3.63, 3.8) is 0 Å². The number of imide groups is 1. The lowest BCUT2D eigenvalue weighted by atomic mass is 9.90. The molecule has 11 rings (SSSR count). The summed E-state index contributed by atoms with van der Waals surface area (Å²) in [6.07, 6.45) is 8.85. The molecule has 1 unspecified atom stereocenters. The van der Waals surface area contributed by atoms with Crippen LogP contribution in [0.5, 0.6) is 0 Å². The van der Waals surface area contributed by atoms with Gasteiger partial charge in [-0.2, -0.15) is 0 Å². The highest BCUT2D eigenvalue weighted by Crippen LogP contribution is 2.41. The third-order valence-electron chi connectivity index (χ3n) is 15.6. The first kappa shape index (κ1) is 42.1. The standard InChI is InChI=1S/C53H61N11O6/c1-31-20-36(13-15-60(31)37-6-8-40-34(21-37)29-64(50(40)68)43-9-11-47(66)57-49(43)67)59-16-17-61(32(2)27-59)38-7-10-46(55-26-38)56-42-22-35(28-58(5)51(42)69)39-12-14-54-48(41(39)30-65)63-19-18-62-44(52(63)70)23-33-24-53(3,4)25-45(33)62/h6-8,10,12,14,21-23,26,28,31-32,36,43,65H,9,11,13,15-20,24-25,27,29-30H2,1-5H3,(H,55,56)(H,57,66,67)/t31-,32+,36+,43?/m1/s1/i5D3. The Labute approximate surface area is 411 Å². The third kappa shape index (κ3) is 8.01. The number of aryl methyl sites for hydroxylation is 1. The number of aliphatic hydroxyl groups is 1. The number of piperazine rings is 1. The molecule has 0 bridgehead atoms. The molecule has 1 aromatic carbocycles. The maximum atomic E-state index is 14.1. The van der Waals surface area contributed by atoms with Crippen molar-refractivity contribution in [1.82, 2.24) is 34.2 Å². The lowest BCUT2D eigenvalue weighted by Gasteiger charge is -2.48. The molecule has 17 nitrogen and oxygen atoms in total. The van der Waals surface area contributed by atoms with Crippen LogP contribution in [-0.4, -0.2) is 115 Å². The van der Waals surface area contributed by atoms with Crippen LogP contribution in [0.25, 0.3) is 11.1 Å². The Morgan fingerprint density at radius 1 is 0.843 bits per heavy atom. The molecule has 5 aliphatic heterocycles. The normalized spacial score (nSPS) is 24.2. The summed E-state index contributed by atoms with van der Waals surface area (Å²) in [7, 11) is 0. The molecule has 0 saturated carbocycles. The van der Waals surface area contributed by atoms with Crippen LogP contribution in [0.15, 0.2) is 71.9 Å². The second kappa shape index (κ2) is 17.5. The van der Waals surface area contributed by atoms with Gasteiger partial charge in [-0.15, -0.1) is 0 Å². The predicted octanol–water partition coefficient (Wildman–Crippen LogP) is 4.99. The fraction of sp³-hybridized carbons (Fsp3) is 0.453. The van der Waals surface area contributed by atoms with Gasteiger partial charge in [-0.3, -0.25) is 39.1 Å². The Morgan fingerprint density at radius 2 is 1.67 bits per heavy atom. The van der Waals surface area contributed by atoms with Gasteiger partial charge in [-0.05, 0) is 117 Å². The van der Waals surface area contributed by atoms with Crippen LogP contribution in [0.1, 0.15) is 101 Å². The molecule has 70 heavy (non-hydrogen) atoms. The number of piperidine rings is 2. The van der Waals surface area contributed by atoms with Crippen LogP contribution >= 0.6 is 0 Å². The van der Waals surface area contributed by atoms with Gasteiger partial charge in [0.2, 0.25) is 11.8 Å². The second-order valence-electron chi connectivity index (χ2n) is 20.8. The number of amides is 4. The quantitative estimate of drug-likeness (QED) is 0.169. The molecule has 4 amide bonds. The topological polar surface area (TPSA) is 181 Å². The molecule has 364 valence electrons. The van der Waals surface area contributed by atoms with Crippen LogP contribution in [0, 0.1) is 5.41 Å². The van der Waals surface area contributed by atoms with E-state index >= 15 is 0 Å². The molecule has 9 heterocycles. The molecule has 0 radical (unpaired) electrons. The lowest BCUT2D eigenvalue weighted by molar-refractivity contribution is -0.136. The van der Waals surface area contributed by atoms with E-state index in [1.807, 2.05) is 24.3 Å². The number of aliphatic hydroxyl groups excluding tert-OH is 1. The number of nitrogens with zero attached hydrogens (tertiary/aromatic N) is 9. The number of hydrogen-bond acceptors (Lipinski definition) is 12. The zero-order chi connectivity index (χ0) is 51.2. The average Bonchev–Trinajstić information content (AvgIpc) is 3.98. The zero-order valence-corrected chi connectivity index (χ0v) is 40.1. The largest absolute Gasteiger partial charge is 0.392 e. The van der Waals surface area contributed by atoms with E-state index in [9.17, 15) is 29.1 Å². The number of hydrogen-bond donors (Lipinski definition) is 3. The van der Waals surface area contributed by atoms with Gasteiger partial charge in [0.1, 0.15) is 29.1 Å². The van der Waals surface area contributed by atoms with Crippen LogP contribution in [-0.2, 0) is 49.1 Å². The van der Waals surface area contributed by atoms with Crippen molar-refractivity contribution in [2.24, 2.45) is 12.4 Å². The van der Waals surface area contributed by atoms with E-state index in [1.165, 1.54) is 23.7 Å². The number of pyridine rings is 3. The first-order valence-electron chi connectivity index (χ1n) is 26.0. The first-order valence-corrected chi connectivity index (χ1v) is 24.5. The highest BCUT2D eigenvalue weighted by Gasteiger charge is 2.41. The Bertz CT molecular complexity index is 3130. The summed E-state index contributed by atoms with van der Waals surface area (Å²) in [6.45, 7) is 10.2. The van der Waals surface area contributed by atoms with Crippen molar-refractivity contribution in [2.75, 3.05) is 52.7 Å². The van der Waals surface area contributed by atoms with E-state index in [-0.39, 0.29) is 53.1 Å². The Morgan fingerprint density at radius 3 is 2.43 bits per heavy atom. The summed E-state index contributed by atoms with van der Waals surface area (Å²) in [6, 6.07) is 15.1. The van der Waals surface area contributed by atoms with Gasteiger partial charge in [-0.25, -0.2) is 9.97 Å². The first-order chi connectivity index (χ1) is 34.8. The van der Waals surface area contributed by atoms with Gasteiger partial charge < -0.3 is 34.3 Å². The van der Waals surface area contributed by atoms with E-state index in [4.69, 9.17) is 4.11 Å². The van der Waals surface area contributed by atoms with E-state index in [2.05, 4.69) is 73.6 Å². The SMILES string of the molecule is [2H]C([2H])([2H])n1cc(-c2ccnc(N3CCn4c(cc5c4CC(C)(C)C5)C3=O)c2CO)cc(Nc2ccc(N3CCN([C@H]4CCN(c5ccc6c(c5)CN(C5CCC(=O)NC5=O)C6=O)[C@H](C)C4)C[C@@H]3C)cn2)c1=O.